The summed E-state index contributed by atoms with van der Waals surface area (Å²) < 4.78 is 0. The summed E-state index contributed by atoms with van der Waals surface area (Å²) >= 11 is 0. The molecule has 0 bridgehead atoms. The summed E-state index contributed by atoms with van der Waals surface area (Å²) in [6, 6.07) is 2.82. The van der Waals surface area contributed by atoms with Gasteiger partial charge in [0.25, 0.3) is 0 Å². The molecule has 1 amide bonds. The molecule has 9 nitrogen and oxygen atoms in total. The van der Waals surface area contributed by atoms with Crippen molar-refractivity contribution in [3.05, 3.63) is 18.5 Å². The van der Waals surface area contributed by atoms with Crippen molar-refractivity contribution in [1.82, 2.24) is 30.4 Å². The van der Waals surface area contributed by atoms with Crippen LogP contribution in [0, 0.1) is 0 Å². The number of aliphatic imine (C=N–C) groups is 1. The van der Waals surface area contributed by atoms with Crippen molar-refractivity contribution in [1.29, 1.82) is 0 Å². The highest BCUT2D eigenvalue weighted by molar-refractivity contribution is 14.0. The first-order chi connectivity index (χ1) is 14.4. The highest BCUT2D eigenvalue weighted by Crippen LogP contribution is 2.10. The predicted octanol–water partition coefficient (Wildman–Crippen LogP) is 1.42. The Morgan fingerprint density at radius 2 is 1.65 bits per heavy atom. The van der Waals surface area contributed by atoms with Gasteiger partial charge in [0, 0.05) is 83.8 Å². The lowest BCUT2D eigenvalue weighted by atomic mass is 10.2. The zero-order valence-corrected chi connectivity index (χ0v) is 21.9. The van der Waals surface area contributed by atoms with E-state index in [1.807, 2.05) is 11.0 Å². The monoisotopic (exact) mass is 546 g/mol. The van der Waals surface area contributed by atoms with Crippen LogP contribution in [0.3, 0.4) is 0 Å². The number of halogens is 1. The van der Waals surface area contributed by atoms with E-state index in [4.69, 9.17) is 0 Å². The van der Waals surface area contributed by atoms with Crippen LogP contribution in [0.2, 0.25) is 0 Å². The summed E-state index contributed by atoms with van der Waals surface area (Å²) in [5, 5.41) is 6.59. The fourth-order valence-corrected chi connectivity index (χ4v) is 3.69. The van der Waals surface area contributed by atoms with Crippen LogP contribution in [0.5, 0.6) is 0 Å². The van der Waals surface area contributed by atoms with E-state index in [0.29, 0.717) is 38.1 Å². The van der Waals surface area contributed by atoms with Gasteiger partial charge < -0.3 is 20.4 Å². The van der Waals surface area contributed by atoms with Crippen LogP contribution in [-0.4, -0.2) is 96.6 Å². The first kappa shape index (κ1) is 27.3. The molecule has 1 aliphatic heterocycles. The molecule has 176 valence electrons. The third-order valence-corrected chi connectivity index (χ3v) is 5.31. The van der Waals surface area contributed by atoms with Crippen LogP contribution < -0.4 is 15.5 Å². The van der Waals surface area contributed by atoms with Crippen LogP contribution in [0.1, 0.15) is 34.1 Å². The summed E-state index contributed by atoms with van der Waals surface area (Å²) in [5.41, 5.74) is 0. The molecule has 0 spiro atoms. The van der Waals surface area contributed by atoms with E-state index < -0.39 is 0 Å². The summed E-state index contributed by atoms with van der Waals surface area (Å²) in [4.78, 5) is 31.8. The second-order valence-corrected chi connectivity index (χ2v) is 8.02. The van der Waals surface area contributed by atoms with Crippen molar-refractivity contribution in [2.24, 2.45) is 4.99 Å². The maximum atomic E-state index is 12.5. The number of aromatic nitrogens is 2. The molecule has 31 heavy (non-hydrogen) atoms. The van der Waals surface area contributed by atoms with Gasteiger partial charge in [0.15, 0.2) is 5.96 Å². The van der Waals surface area contributed by atoms with E-state index >= 15 is 0 Å². The molecule has 0 atom stereocenters. The third-order valence-electron chi connectivity index (χ3n) is 5.31. The Hall–Kier alpha value is -1.69. The van der Waals surface area contributed by atoms with E-state index in [-0.39, 0.29) is 29.9 Å². The van der Waals surface area contributed by atoms with Gasteiger partial charge in [0.2, 0.25) is 11.9 Å². The molecule has 2 N–H and O–H groups in total. The van der Waals surface area contributed by atoms with Crippen LogP contribution in [0.4, 0.5) is 5.95 Å². The zero-order valence-electron chi connectivity index (χ0n) is 19.5. The molecule has 10 heteroatoms. The maximum absolute atomic E-state index is 12.5. The summed E-state index contributed by atoms with van der Waals surface area (Å²) in [6.07, 6.45) is 3.94. The zero-order chi connectivity index (χ0) is 21.9. The Labute approximate surface area is 204 Å². The van der Waals surface area contributed by atoms with E-state index in [0.717, 1.165) is 38.1 Å². The molecule has 1 aromatic heterocycles. The second kappa shape index (κ2) is 14.4. The topological polar surface area (TPSA) is 89.0 Å². The van der Waals surface area contributed by atoms with Crippen LogP contribution in [0.15, 0.2) is 23.5 Å². The quantitative estimate of drug-likeness (QED) is 0.275. The molecule has 0 radical (unpaired) electrons. The van der Waals surface area contributed by atoms with Crippen molar-refractivity contribution in [2.75, 3.05) is 57.8 Å². The molecular formula is C21H39IN8O. The van der Waals surface area contributed by atoms with Crippen LogP contribution in [0.25, 0.3) is 0 Å². The maximum Gasteiger partial charge on any atom is 0.225 e. The third kappa shape index (κ3) is 9.14. The lowest BCUT2D eigenvalue weighted by Gasteiger charge is -2.34. The van der Waals surface area contributed by atoms with Crippen LogP contribution >= 0.6 is 24.0 Å². The van der Waals surface area contributed by atoms with Gasteiger partial charge in [-0.3, -0.25) is 14.7 Å². The molecule has 0 aliphatic carbocycles. The Kier molecular flexibility index (Phi) is 12.7. The molecule has 0 saturated carbocycles. The number of hydrogen-bond acceptors (Lipinski definition) is 6. The standard InChI is InChI=1S/C21H38N8O.HI/c1-17(2)29(18(3)4)12-11-24-20(22-5)23-10-7-19(30)27-13-15-28(16-14-27)21-25-8-6-9-26-21;/h6,8-9,17-18H,7,10-16H2,1-5H3,(H2,22,23,24);1H. The molecule has 1 aromatic rings. The Balaban J connectivity index is 0.00000480. The summed E-state index contributed by atoms with van der Waals surface area (Å²) in [6.45, 7) is 14.1. The second-order valence-electron chi connectivity index (χ2n) is 8.02. The SMILES string of the molecule is CN=C(NCCC(=O)N1CCN(c2ncccn2)CC1)NCCN(C(C)C)C(C)C.I. The van der Waals surface area contributed by atoms with Crippen LogP contribution in [-0.2, 0) is 4.79 Å². The average molecular weight is 547 g/mol. The number of carbonyl (C=O) groups excluding carboxylic acids is 1. The van der Waals surface area contributed by atoms with Crippen molar-refractivity contribution in [2.45, 2.75) is 46.2 Å². The molecule has 1 fully saturated rings. The smallest absolute Gasteiger partial charge is 0.225 e. The molecule has 1 saturated heterocycles. The molecule has 2 heterocycles. The number of amides is 1. The molecular weight excluding hydrogens is 507 g/mol. The van der Waals surface area contributed by atoms with Gasteiger partial charge in [-0.05, 0) is 33.8 Å². The Bertz CT molecular complexity index is 655. The normalized spacial score (nSPS) is 14.8. The minimum absolute atomic E-state index is 0. The molecule has 1 aliphatic rings. The van der Waals surface area contributed by atoms with Crippen molar-refractivity contribution in [3.8, 4) is 0 Å². The van der Waals surface area contributed by atoms with E-state index in [2.05, 4.69) is 63.1 Å². The number of nitrogens with one attached hydrogen (secondary N) is 2. The number of rotatable bonds is 9. The van der Waals surface area contributed by atoms with Gasteiger partial charge in [-0.2, -0.15) is 0 Å². The van der Waals surface area contributed by atoms with Gasteiger partial charge >= 0.3 is 0 Å². The molecule has 0 unspecified atom stereocenters. The minimum Gasteiger partial charge on any atom is -0.356 e. The Morgan fingerprint density at radius 3 is 2.19 bits per heavy atom. The molecule has 2 rings (SSSR count). The number of carbonyl (C=O) groups is 1. The van der Waals surface area contributed by atoms with Crippen molar-refractivity contribution in [3.63, 3.8) is 0 Å². The van der Waals surface area contributed by atoms with Gasteiger partial charge in [0.05, 0.1) is 0 Å². The number of hydrogen-bond donors (Lipinski definition) is 2. The highest BCUT2D eigenvalue weighted by atomic mass is 127. The minimum atomic E-state index is 0. The number of guanidine groups is 1. The summed E-state index contributed by atoms with van der Waals surface area (Å²) in [7, 11) is 1.75. The Morgan fingerprint density at radius 1 is 1.06 bits per heavy atom. The lowest BCUT2D eigenvalue weighted by Crippen LogP contribution is -2.50. The van der Waals surface area contributed by atoms with Gasteiger partial charge in [-0.15, -0.1) is 24.0 Å². The summed E-state index contributed by atoms with van der Waals surface area (Å²) in [5.74, 6) is 1.63. The van der Waals surface area contributed by atoms with E-state index in [1.54, 1.807) is 19.4 Å². The average Bonchev–Trinajstić information content (AvgIpc) is 2.75. The highest BCUT2D eigenvalue weighted by Gasteiger charge is 2.22. The molecule has 0 aromatic carbocycles. The fourth-order valence-electron chi connectivity index (χ4n) is 3.69. The van der Waals surface area contributed by atoms with Crippen molar-refractivity contribution < 1.29 is 4.79 Å². The van der Waals surface area contributed by atoms with Gasteiger partial charge in [-0.1, -0.05) is 0 Å². The largest absolute Gasteiger partial charge is 0.356 e. The van der Waals surface area contributed by atoms with Gasteiger partial charge in [0.1, 0.15) is 0 Å². The van der Waals surface area contributed by atoms with Gasteiger partial charge in [-0.25, -0.2) is 9.97 Å². The first-order valence-corrected chi connectivity index (χ1v) is 10.9. The van der Waals surface area contributed by atoms with E-state index in [9.17, 15) is 4.79 Å². The number of piperazine rings is 1. The fraction of sp³-hybridized carbons (Fsp3) is 0.714. The number of nitrogens with zero attached hydrogens (tertiary/aromatic N) is 6. The predicted molar refractivity (Wildman–Crippen MR) is 137 cm³/mol. The van der Waals surface area contributed by atoms with Crippen molar-refractivity contribution >= 4 is 41.8 Å². The number of anilines is 1. The lowest BCUT2D eigenvalue weighted by molar-refractivity contribution is -0.131. The first-order valence-electron chi connectivity index (χ1n) is 10.9. The van der Waals surface area contributed by atoms with E-state index in [1.165, 1.54) is 0 Å².